The van der Waals surface area contributed by atoms with Crippen LogP contribution >= 0.6 is 11.6 Å². The molecule has 0 spiro atoms. The second kappa shape index (κ2) is 9.23. The van der Waals surface area contributed by atoms with Gasteiger partial charge in [-0.1, -0.05) is 29.8 Å². The normalized spacial score (nSPS) is 14.0. The minimum Gasteiger partial charge on any atom is -0.477 e. The molecule has 2 heterocycles. The minimum atomic E-state index is -1.34. The van der Waals surface area contributed by atoms with Gasteiger partial charge in [0.2, 0.25) is 11.3 Å². The molecule has 1 saturated heterocycles. The maximum absolute atomic E-state index is 15.0. The first-order valence-corrected chi connectivity index (χ1v) is 11.0. The van der Waals surface area contributed by atoms with Gasteiger partial charge in [0, 0.05) is 49.3 Å². The summed E-state index contributed by atoms with van der Waals surface area (Å²) in [6.45, 7) is 3.97. The molecule has 3 aromatic rings. The van der Waals surface area contributed by atoms with Crippen LogP contribution in [0.2, 0.25) is 5.02 Å². The van der Waals surface area contributed by atoms with E-state index in [-0.39, 0.29) is 23.3 Å². The van der Waals surface area contributed by atoms with Gasteiger partial charge in [-0.15, -0.1) is 0 Å². The average molecular weight is 472 g/mol. The zero-order valence-electron chi connectivity index (χ0n) is 18.1. The van der Waals surface area contributed by atoms with Crippen molar-refractivity contribution >= 4 is 40.1 Å². The number of pyridine rings is 1. The summed E-state index contributed by atoms with van der Waals surface area (Å²) in [5.41, 5.74) is 0.474. The van der Waals surface area contributed by atoms with E-state index in [2.05, 4.69) is 0 Å². The molecule has 0 unspecified atom stereocenters. The quantitative estimate of drug-likeness (QED) is 0.616. The minimum absolute atomic E-state index is 0.0338. The lowest BCUT2D eigenvalue weighted by atomic mass is 10.1. The average Bonchev–Trinajstić information content (AvgIpc) is 2.80. The Morgan fingerprint density at radius 2 is 1.82 bits per heavy atom. The number of hydrogen-bond donors (Lipinski definition) is 1. The van der Waals surface area contributed by atoms with E-state index in [1.165, 1.54) is 6.20 Å². The molecule has 33 heavy (non-hydrogen) atoms. The van der Waals surface area contributed by atoms with Gasteiger partial charge in [0.1, 0.15) is 11.4 Å². The van der Waals surface area contributed by atoms with Crippen molar-refractivity contribution in [3.63, 3.8) is 0 Å². The van der Waals surface area contributed by atoms with Crippen molar-refractivity contribution in [1.82, 2.24) is 9.47 Å². The summed E-state index contributed by atoms with van der Waals surface area (Å²) < 4.78 is 16.6. The van der Waals surface area contributed by atoms with Crippen molar-refractivity contribution in [1.29, 1.82) is 0 Å². The highest BCUT2D eigenvalue weighted by Gasteiger charge is 2.25. The van der Waals surface area contributed by atoms with Gasteiger partial charge in [0.25, 0.3) is 0 Å². The molecule has 1 aliphatic heterocycles. The molecule has 1 aromatic heterocycles. The van der Waals surface area contributed by atoms with E-state index in [4.69, 9.17) is 11.6 Å². The van der Waals surface area contributed by atoms with Gasteiger partial charge >= 0.3 is 5.97 Å². The Morgan fingerprint density at radius 3 is 2.45 bits per heavy atom. The van der Waals surface area contributed by atoms with Crippen LogP contribution in [0.1, 0.15) is 22.8 Å². The highest BCUT2D eigenvalue weighted by atomic mass is 35.5. The first kappa shape index (κ1) is 22.8. The molecule has 0 saturated carbocycles. The SMILES string of the molecule is CCn1cc(C(=O)O)c(=O)c2cc(F)c(N3CCN(C(=O)Cc4ccccc4Cl)CC3)cc21. The highest BCUT2D eigenvalue weighted by Crippen LogP contribution is 2.27. The number of amides is 1. The van der Waals surface area contributed by atoms with E-state index >= 15 is 4.39 Å². The first-order valence-electron chi connectivity index (χ1n) is 10.7. The fraction of sp³-hybridized carbons (Fsp3) is 0.292. The maximum atomic E-state index is 15.0. The van der Waals surface area contributed by atoms with Crippen LogP contribution in [0, 0.1) is 5.82 Å². The molecule has 2 aromatic carbocycles. The zero-order valence-corrected chi connectivity index (χ0v) is 18.8. The largest absolute Gasteiger partial charge is 0.477 e. The van der Waals surface area contributed by atoms with Crippen LogP contribution in [0.3, 0.4) is 0 Å². The van der Waals surface area contributed by atoms with E-state index in [0.29, 0.717) is 49.0 Å². The third-order valence-corrected chi connectivity index (χ3v) is 6.36. The molecule has 9 heteroatoms. The molecule has 1 N–H and O–H groups in total. The molecular weight excluding hydrogens is 449 g/mol. The maximum Gasteiger partial charge on any atom is 0.341 e. The summed E-state index contributed by atoms with van der Waals surface area (Å²) in [7, 11) is 0. The Bertz CT molecular complexity index is 1300. The van der Waals surface area contributed by atoms with Gasteiger partial charge in [-0.05, 0) is 30.7 Å². The third-order valence-electron chi connectivity index (χ3n) is 5.99. The molecule has 7 nitrogen and oxygen atoms in total. The van der Waals surface area contributed by atoms with Gasteiger partial charge < -0.3 is 19.5 Å². The van der Waals surface area contributed by atoms with Gasteiger partial charge in [-0.25, -0.2) is 9.18 Å². The number of piperazine rings is 1. The number of aryl methyl sites for hydroxylation is 1. The number of nitrogens with zero attached hydrogens (tertiary/aromatic N) is 3. The molecule has 0 aliphatic carbocycles. The third kappa shape index (κ3) is 4.43. The number of aromatic nitrogens is 1. The van der Waals surface area contributed by atoms with E-state index in [0.717, 1.165) is 11.6 Å². The fourth-order valence-electron chi connectivity index (χ4n) is 4.17. The Kier molecular flexibility index (Phi) is 6.37. The van der Waals surface area contributed by atoms with Crippen LogP contribution < -0.4 is 10.3 Å². The van der Waals surface area contributed by atoms with E-state index in [1.807, 2.05) is 30.0 Å². The second-order valence-corrected chi connectivity index (χ2v) is 8.33. The Balaban J connectivity index is 1.56. The topological polar surface area (TPSA) is 82.8 Å². The van der Waals surface area contributed by atoms with Crippen LogP contribution in [0.4, 0.5) is 10.1 Å². The Labute approximate surface area is 194 Å². The fourth-order valence-corrected chi connectivity index (χ4v) is 4.37. The van der Waals surface area contributed by atoms with E-state index in [9.17, 15) is 19.5 Å². The Morgan fingerprint density at radius 1 is 1.12 bits per heavy atom. The van der Waals surface area contributed by atoms with Crippen molar-refractivity contribution in [3.05, 3.63) is 74.8 Å². The smallest absolute Gasteiger partial charge is 0.341 e. The van der Waals surface area contributed by atoms with Crippen LogP contribution in [-0.2, 0) is 17.8 Å². The monoisotopic (exact) mass is 471 g/mol. The second-order valence-electron chi connectivity index (χ2n) is 7.92. The molecule has 4 rings (SSSR count). The summed E-state index contributed by atoms with van der Waals surface area (Å²) in [5, 5.41) is 9.88. The lowest BCUT2D eigenvalue weighted by Gasteiger charge is -2.36. The van der Waals surface area contributed by atoms with Gasteiger partial charge in [-0.3, -0.25) is 9.59 Å². The highest BCUT2D eigenvalue weighted by molar-refractivity contribution is 6.31. The number of fused-ring (bicyclic) bond motifs is 1. The van der Waals surface area contributed by atoms with Crippen molar-refractivity contribution in [2.24, 2.45) is 0 Å². The molecule has 1 aliphatic rings. The number of carboxylic acids is 1. The van der Waals surface area contributed by atoms with Crippen LogP contribution in [0.15, 0.2) is 47.4 Å². The van der Waals surface area contributed by atoms with Crippen molar-refractivity contribution < 1.29 is 19.1 Å². The number of carbonyl (C=O) groups is 2. The predicted molar refractivity (Wildman–Crippen MR) is 125 cm³/mol. The summed E-state index contributed by atoms with van der Waals surface area (Å²) in [6.07, 6.45) is 1.50. The summed E-state index contributed by atoms with van der Waals surface area (Å²) in [5.74, 6) is -1.98. The van der Waals surface area contributed by atoms with Crippen LogP contribution in [0.25, 0.3) is 10.9 Å². The van der Waals surface area contributed by atoms with Gasteiger partial charge in [0.05, 0.1) is 17.6 Å². The number of rotatable bonds is 5. The number of halogens is 2. The molecule has 0 radical (unpaired) electrons. The number of hydrogen-bond acceptors (Lipinski definition) is 4. The molecule has 0 atom stereocenters. The van der Waals surface area contributed by atoms with Crippen molar-refractivity contribution in [2.75, 3.05) is 31.1 Å². The molecule has 0 bridgehead atoms. The predicted octanol–water partition coefficient (Wildman–Crippen LogP) is 3.40. The molecule has 172 valence electrons. The molecule has 1 fully saturated rings. The number of carboxylic acid groups (broad SMARTS) is 1. The summed E-state index contributed by atoms with van der Waals surface area (Å²) in [6, 6.07) is 9.92. The van der Waals surface area contributed by atoms with E-state index in [1.54, 1.807) is 21.6 Å². The zero-order chi connectivity index (χ0) is 23.7. The van der Waals surface area contributed by atoms with Crippen LogP contribution in [0.5, 0.6) is 0 Å². The first-order chi connectivity index (χ1) is 15.8. The van der Waals surface area contributed by atoms with Gasteiger partial charge in [-0.2, -0.15) is 0 Å². The van der Waals surface area contributed by atoms with E-state index < -0.39 is 17.2 Å². The van der Waals surface area contributed by atoms with Crippen LogP contribution in [-0.4, -0.2) is 52.6 Å². The number of anilines is 1. The Hall–Kier alpha value is -3.39. The lowest BCUT2D eigenvalue weighted by Crippen LogP contribution is -2.49. The molecule has 1 amide bonds. The number of benzene rings is 2. The van der Waals surface area contributed by atoms with Crippen molar-refractivity contribution in [2.45, 2.75) is 19.9 Å². The lowest BCUT2D eigenvalue weighted by molar-refractivity contribution is -0.130. The number of carbonyl (C=O) groups excluding carboxylic acids is 1. The van der Waals surface area contributed by atoms with Crippen molar-refractivity contribution in [3.8, 4) is 0 Å². The standard InChI is InChI=1S/C24H23ClFN3O4/c1-2-27-14-17(24(32)33)23(31)16-12-19(26)21(13-20(16)27)28-7-9-29(10-8-28)22(30)11-15-5-3-4-6-18(15)25/h3-6,12-14H,2,7-11H2,1H3,(H,32,33). The summed E-state index contributed by atoms with van der Waals surface area (Å²) in [4.78, 5) is 40.2. The molecular formula is C24H23ClFN3O4. The summed E-state index contributed by atoms with van der Waals surface area (Å²) >= 11 is 6.16. The number of aromatic carboxylic acids is 1. The van der Waals surface area contributed by atoms with Gasteiger partial charge in [0.15, 0.2) is 0 Å².